The number of anilines is 2. The van der Waals surface area contributed by atoms with Gasteiger partial charge >= 0.3 is 0 Å². The van der Waals surface area contributed by atoms with Crippen molar-refractivity contribution in [2.24, 2.45) is 4.99 Å². The summed E-state index contributed by atoms with van der Waals surface area (Å²) in [5.41, 5.74) is 4.97. The first-order valence-corrected chi connectivity index (χ1v) is 11.0. The molecule has 1 aromatic heterocycles. The highest BCUT2D eigenvalue weighted by Gasteiger charge is 2.29. The first-order valence-electron chi connectivity index (χ1n) is 9.14. The number of benzene rings is 2. The Bertz CT molecular complexity index is 1360. The Morgan fingerprint density at radius 3 is 2.66 bits per heavy atom. The number of aryl methyl sites for hydroxylation is 2. The summed E-state index contributed by atoms with van der Waals surface area (Å²) in [6.07, 6.45) is 0. The van der Waals surface area contributed by atoms with Gasteiger partial charge in [0, 0.05) is 14.8 Å². The Morgan fingerprint density at radius 1 is 1.14 bits per heavy atom. The van der Waals surface area contributed by atoms with Gasteiger partial charge in [0.25, 0.3) is 11.5 Å². The summed E-state index contributed by atoms with van der Waals surface area (Å²) in [7, 11) is 0. The van der Waals surface area contributed by atoms with E-state index in [4.69, 9.17) is 0 Å². The van der Waals surface area contributed by atoms with Crippen LogP contribution in [-0.4, -0.2) is 17.1 Å². The van der Waals surface area contributed by atoms with Gasteiger partial charge in [0.1, 0.15) is 17.9 Å². The molecule has 0 bridgehead atoms. The average Bonchev–Trinajstić information content (AvgIpc) is 3.18. The van der Waals surface area contributed by atoms with E-state index >= 15 is 0 Å². The van der Waals surface area contributed by atoms with Crippen LogP contribution in [0, 0.1) is 17.4 Å². The molecule has 5 rings (SSSR count). The highest BCUT2D eigenvalue weighted by atomic mass is 127. The van der Waals surface area contributed by atoms with Crippen LogP contribution in [0.25, 0.3) is 5.57 Å². The minimum Gasteiger partial charge on any atom is -0.334 e. The van der Waals surface area contributed by atoms with Crippen molar-refractivity contribution in [2.45, 2.75) is 20.5 Å². The van der Waals surface area contributed by atoms with Crippen LogP contribution in [0.3, 0.4) is 0 Å². The molecule has 0 aliphatic carbocycles. The first kappa shape index (κ1) is 18.6. The third kappa shape index (κ3) is 3.01. The second-order valence-electron chi connectivity index (χ2n) is 7.24. The molecule has 0 saturated heterocycles. The number of carbonyl (C=O) groups excluding carboxylic acids is 1. The zero-order chi connectivity index (χ0) is 20.3. The predicted molar refractivity (Wildman–Crippen MR) is 123 cm³/mol. The number of aromatic nitrogens is 1. The van der Waals surface area contributed by atoms with Crippen molar-refractivity contribution in [2.75, 3.05) is 16.9 Å². The summed E-state index contributed by atoms with van der Waals surface area (Å²) in [4.78, 5) is 33.3. The molecular weight excluding hydrogens is 499 g/mol. The van der Waals surface area contributed by atoms with Crippen molar-refractivity contribution in [3.63, 3.8) is 0 Å². The van der Waals surface area contributed by atoms with Crippen LogP contribution >= 0.6 is 33.9 Å². The zero-order valence-corrected chi connectivity index (χ0v) is 18.8. The van der Waals surface area contributed by atoms with Crippen LogP contribution in [0.15, 0.2) is 46.2 Å². The van der Waals surface area contributed by atoms with E-state index < -0.39 is 0 Å². The van der Waals surface area contributed by atoms with Gasteiger partial charge in [-0.05, 0) is 72.3 Å². The van der Waals surface area contributed by atoms with Gasteiger partial charge in [-0.25, -0.2) is 4.99 Å². The number of nitrogens with one attached hydrogen (secondary N) is 1. The number of thiazole rings is 1. The fraction of sp³-hybridized carbons (Fsp3) is 0.190. The number of amides is 1. The van der Waals surface area contributed by atoms with Crippen LogP contribution in [-0.2, 0) is 11.5 Å². The Morgan fingerprint density at radius 2 is 1.90 bits per heavy atom. The standard InChI is InChI=1S/C21H17IN4O2S/c1-11-7-12(2)17-15(8-11)16(19(27)24-17)18-20(28)26-10-25(9-23-21(26)29-18)14-5-3-13(22)4-6-14/h3-8H,9-10H2,1-2H3,(H,24,27). The van der Waals surface area contributed by atoms with Gasteiger partial charge in [0.15, 0.2) is 4.80 Å². The Hall–Kier alpha value is -2.46. The summed E-state index contributed by atoms with van der Waals surface area (Å²) >= 11 is 3.56. The van der Waals surface area contributed by atoms with Crippen molar-refractivity contribution < 1.29 is 4.79 Å². The lowest BCUT2D eigenvalue weighted by Crippen LogP contribution is -2.43. The lowest BCUT2D eigenvalue weighted by molar-refractivity contribution is -0.110. The number of nitrogens with zero attached hydrogens (tertiary/aromatic N) is 3. The van der Waals surface area contributed by atoms with Gasteiger partial charge in [-0.15, -0.1) is 0 Å². The summed E-state index contributed by atoms with van der Waals surface area (Å²) in [6, 6.07) is 12.1. The maximum Gasteiger partial charge on any atom is 0.272 e. The molecule has 0 saturated carbocycles. The number of rotatable bonds is 1. The van der Waals surface area contributed by atoms with E-state index in [9.17, 15) is 9.59 Å². The largest absolute Gasteiger partial charge is 0.334 e. The van der Waals surface area contributed by atoms with Crippen LogP contribution in [0.1, 0.15) is 16.7 Å². The van der Waals surface area contributed by atoms with E-state index in [1.165, 1.54) is 11.3 Å². The fourth-order valence-corrected chi connectivity index (χ4v) is 5.25. The molecule has 0 spiro atoms. The second kappa shape index (κ2) is 6.81. The zero-order valence-electron chi connectivity index (χ0n) is 15.8. The fourth-order valence-electron chi connectivity index (χ4n) is 3.83. The third-order valence-corrected chi connectivity index (χ3v) is 7.02. The summed E-state index contributed by atoms with van der Waals surface area (Å²) in [5.74, 6) is -0.223. The number of fused-ring (bicyclic) bond motifs is 2. The van der Waals surface area contributed by atoms with Gasteiger partial charge in [-0.1, -0.05) is 23.0 Å². The van der Waals surface area contributed by atoms with Crippen LogP contribution < -0.4 is 25.1 Å². The Kier molecular flexibility index (Phi) is 4.36. The van der Waals surface area contributed by atoms with Crippen LogP contribution in [0.2, 0.25) is 0 Å². The smallest absolute Gasteiger partial charge is 0.272 e. The molecule has 3 heterocycles. The molecule has 3 aromatic rings. The lowest BCUT2D eigenvalue weighted by atomic mass is 10.0. The normalized spacial score (nSPS) is 16.9. The minimum absolute atomic E-state index is 0.166. The molecule has 2 aromatic carbocycles. The molecule has 6 nitrogen and oxygen atoms in total. The van der Waals surface area contributed by atoms with E-state index in [2.05, 4.69) is 32.9 Å². The van der Waals surface area contributed by atoms with Gasteiger partial charge < -0.3 is 10.2 Å². The summed E-state index contributed by atoms with van der Waals surface area (Å²) in [6.45, 7) is 4.86. The van der Waals surface area contributed by atoms with Crippen molar-refractivity contribution in [3.05, 3.63) is 76.3 Å². The van der Waals surface area contributed by atoms with E-state index in [-0.39, 0.29) is 11.5 Å². The molecule has 1 N–H and O–H groups in total. The monoisotopic (exact) mass is 516 g/mol. The quantitative estimate of drug-likeness (QED) is 0.506. The van der Waals surface area contributed by atoms with E-state index in [1.807, 2.05) is 55.1 Å². The van der Waals surface area contributed by atoms with Crippen molar-refractivity contribution >= 4 is 56.8 Å². The van der Waals surface area contributed by atoms with Crippen LogP contribution in [0.5, 0.6) is 0 Å². The number of hydrogen-bond acceptors (Lipinski definition) is 5. The highest BCUT2D eigenvalue weighted by Crippen LogP contribution is 2.33. The molecule has 146 valence electrons. The van der Waals surface area contributed by atoms with Crippen molar-refractivity contribution in [1.82, 2.24) is 4.57 Å². The topological polar surface area (TPSA) is 66.7 Å². The van der Waals surface area contributed by atoms with Gasteiger partial charge in [-0.2, -0.15) is 0 Å². The van der Waals surface area contributed by atoms with Gasteiger partial charge in [0.05, 0.1) is 11.3 Å². The highest BCUT2D eigenvalue weighted by molar-refractivity contribution is 14.1. The molecule has 0 radical (unpaired) electrons. The molecule has 2 aliphatic heterocycles. The molecule has 0 fully saturated rings. The maximum absolute atomic E-state index is 13.2. The lowest BCUT2D eigenvalue weighted by Gasteiger charge is -2.25. The number of carbonyl (C=O) groups is 1. The Balaban J connectivity index is 1.66. The SMILES string of the molecule is Cc1cc(C)c2c(c1)C(=c1sc3n(c1=O)CN(c1ccc(I)cc1)CN=3)C(=O)N2. The molecule has 29 heavy (non-hydrogen) atoms. The summed E-state index contributed by atoms with van der Waals surface area (Å²) in [5, 5.41) is 2.93. The minimum atomic E-state index is -0.223. The van der Waals surface area contributed by atoms with E-state index in [1.54, 1.807) is 4.57 Å². The summed E-state index contributed by atoms with van der Waals surface area (Å²) < 4.78 is 3.26. The molecule has 0 unspecified atom stereocenters. The molecule has 8 heteroatoms. The van der Waals surface area contributed by atoms with Gasteiger partial charge in [-0.3, -0.25) is 14.2 Å². The van der Waals surface area contributed by atoms with E-state index in [0.717, 1.165) is 31.6 Å². The second-order valence-corrected chi connectivity index (χ2v) is 9.46. The average molecular weight is 516 g/mol. The van der Waals surface area contributed by atoms with Crippen LogP contribution in [0.4, 0.5) is 11.4 Å². The molecule has 0 atom stereocenters. The van der Waals surface area contributed by atoms with Crippen molar-refractivity contribution in [1.29, 1.82) is 0 Å². The Labute approximate surface area is 184 Å². The molecule has 2 aliphatic rings. The predicted octanol–water partition coefficient (Wildman–Crippen LogP) is 2.34. The maximum atomic E-state index is 13.2. The van der Waals surface area contributed by atoms with E-state index in [0.29, 0.717) is 28.2 Å². The number of hydrogen-bond donors (Lipinski definition) is 1. The van der Waals surface area contributed by atoms with Crippen molar-refractivity contribution in [3.8, 4) is 0 Å². The first-order chi connectivity index (χ1) is 13.9. The third-order valence-electron chi connectivity index (χ3n) is 5.19. The number of halogens is 1. The molecular formula is C21H17IN4O2S. The van der Waals surface area contributed by atoms with Gasteiger partial charge in [0.2, 0.25) is 0 Å². The molecule has 1 amide bonds.